The predicted molar refractivity (Wildman–Crippen MR) is 84.9 cm³/mol. The van der Waals surface area contributed by atoms with E-state index in [0.717, 1.165) is 6.42 Å². The Labute approximate surface area is 127 Å². The number of phenols is 1. The molecule has 4 nitrogen and oxygen atoms in total. The molecule has 118 valence electrons. The Morgan fingerprint density at radius 3 is 2.62 bits per heavy atom. The second-order valence-corrected chi connectivity index (χ2v) is 6.19. The van der Waals surface area contributed by atoms with Crippen LogP contribution in [0.2, 0.25) is 0 Å². The number of aromatic hydroxyl groups is 1. The zero-order valence-corrected chi connectivity index (χ0v) is 13.5. The van der Waals surface area contributed by atoms with Crippen molar-refractivity contribution >= 4 is 5.91 Å². The van der Waals surface area contributed by atoms with Crippen LogP contribution >= 0.6 is 0 Å². The summed E-state index contributed by atoms with van der Waals surface area (Å²) in [5, 5.41) is 12.8. The first kappa shape index (κ1) is 17.3. The summed E-state index contributed by atoms with van der Waals surface area (Å²) in [5.74, 6) is 0.221. The van der Waals surface area contributed by atoms with E-state index in [2.05, 4.69) is 26.1 Å². The van der Waals surface area contributed by atoms with Crippen LogP contribution in [0.5, 0.6) is 11.5 Å². The molecule has 1 aromatic rings. The van der Waals surface area contributed by atoms with Gasteiger partial charge in [0.05, 0.1) is 12.7 Å². The first-order valence-electron chi connectivity index (χ1n) is 7.55. The Morgan fingerprint density at radius 1 is 1.33 bits per heavy atom. The largest absolute Gasteiger partial charge is 0.507 e. The first-order chi connectivity index (χ1) is 9.89. The zero-order valence-electron chi connectivity index (χ0n) is 13.5. The minimum Gasteiger partial charge on any atom is -0.507 e. The molecular formula is C17H27NO3. The van der Waals surface area contributed by atoms with Gasteiger partial charge in [-0.2, -0.15) is 0 Å². The molecule has 0 spiro atoms. The van der Waals surface area contributed by atoms with Crippen LogP contribution in [0.15, 0.2) is 18.2 Å². The monoisotopic (exact) mass is 293 g/mol. The summed E-state index contributed by atoms with van der Waals surface area (Å²) in [5.41, 5.74) is 0.340. The number of hydrogen-bond donors (Lipinski definition) is 2. The van der Waals surface area contributed by atoms with E-state index in [1.807, 2.05) is 0 Å². The molecule has 1 aromatic carbocycles. The highest BCUT2D eigenvalue weighted by molar-refractivity contribution is 5.97. The maximum atomic E-state index is 12.1. The number of phenolic OH excluding ortho intramolecular Hbond substituents is 1. The number of ether oxygens (including phenoxy) is 1. The number of carbonyl (C=O) groups excluding carboxylic acids is 1. The molecule has 0 aliphatic heterocycles. The summed E-state index contributed by atoms with van der Waals surface area (Å²) >= 11 is 0. The molecule has 0 atom stereocenters. The van der Waals surface area contributed by atoms with Crippen LogP contribution in [0.25, 0.3) is 0 Å². The lowest BCUT2D eigenvalue weighted by Gasteiger charge is -2.25. The molecule has 0 aromatic heterocycles. The van der Waals surface area contributed by atoms with Crippen molar-refractivity contribution in [3.63, 3.8) is 0 Å². The fraction of sp³-hybridized carbons (Fsp3) is 0.588. The molecule has 0 radical (unpaired) electrons. The number of unbranched alkanes of at least 4 members (excludes halogenated alkanes) is 2. The molecule has 0 aliphatic rings. The van der Waals surface area contributed by atoms with Crippen molar-refractivity contribution in [2.75, 3.05) is 13.7 Å². The quantitative estimate of drug-likeness (QED) is 0.718. The highest BCUT2D eigenvalue weighted by Gasteiger charge is 2.20. The Balaban J connectivity index is 2.57. The molecule has 1 amide bonds. The minimum atomic E-state index is -0.251. The topological polar surface area (TPSA) is 58.6 Å². The highest BCUT2D eigenvalue weighted by atomic mass is 16.5. The summed E-state index contributed by atoms with van der Waals surface area (Å²) in [7, 11) is 1.52. The van der Waals surface area contributed by atoms with Crippen molar-refractivity contribution in [1.82, 2.24) is 5.32 Å². The van der Waals surface area contributed by atoms with Crippen LogP contribution < -0.4 is 10.1 Å². The highest BCUT2D eigenvalue weighted by Crippen LogP contribution is 2.25. The molecule has 0 bridgehead atoms. The first-order valence-corrected chi connectivity index (χ1v) is 7.55. The molecule has 0 aliphatic carbocycles. The summed E-state index contributed by atoms with van der Waals surface area (Å²) in [6.07, 6.45) is 4.67. The van der Waals surface area contributed by atoms with Crippen LogP contribution in [-0.4, -0.2) is 24.7 Å². The normalized spacial score (nSPS) is 11.2. The number of amides is 1. The average molecular weight is 293 g/mol. The third-order valence-electron chi connectivity index (χ3n) is 3.63. The van der Waals surface area contributed by atoms with Gasteiger partial charge in [0, 0.05) is 12.6 Å². The molecule has 2 N–H and O–H groups in total. The van der Waals surface area contributed by atoms with Gasteiger partial charge in [-0.15, -0.1) is 0 Å². The van der Waals surface area contributed by atoms with Gasteiger partial charge < -0.3 is 15.2 Å². The van der Waals surface area contributed by atoms with Crippen molar-refractivity contribution in [1.29, 1.82) is 0 Å². The predicted octanol–water partition coefficient (Wildman–Crippen LogP) is 3.74. The lowest BCUT2D eigenvalue weighted by atomic mass is 9.87. The average Bonchev–Trinajstić information content (AvgIpc) is 2.45. The van der Waals surface area contributed by atoms with Crippen LogP contribution in [-0.2, 0) is 0 Å². The summed E-state index contributed by atoms with van der Waals surface area (Å²) in [6, 6.07) is 4.69. The van der Waals surface area contributed by atoms with E-state index in [-0.39, 0.29) is 22.6 Å². The Kier molecular flexibility index (Phi) is 6.53. The minimum absolute atomic E-state index is 0.0596. The summed E-state index contributed by atoms with van der Waals surface area (Å²) < 4.78 is 5.01. The van der Waals surface area contributed by atoms with Gasteiger partial charge in [0.15, 0.2) is 0 Å². The standard InChI is InChI=1S/C17H27NO3/c1-5-6-7-10-17(2,3)12-18-16(20)14-9-8-13(21-4)11-15(14)19/h8-9,11,19H,5-7,10,12H2,1-4H3,(H,18,20). The molecule has 4 heteroatoms. The van der Waals surface area contributed by atoms with Crippen LogP contribution in [0.1, 0.15) is 56.8 Å². The molecule has 0 unspecified atom stereocenters. The summed E-state index contributed by atoms with van der Waals surface area (Å²) in [4.78, 5) is 12.1. The number of nitrogens with one attached hydrogen (secondary N) is 1. The van der Waals surface area contributed by atoms with E-state index >= 15 is 0 Å². The van der Waals surface area contributed by atoms with Gasteiger partial charge in [0.1, 0.15) is 11.5 Å². The van der Waals surface area contributed by atoms with Crippen LogP contribution in [0.3, 0.4) is 0 Å². The third-order valence-corrected chi connectivity index (χ3v) is 3.63. The fourth-order valence-electron chi connectivity index (χ4n) is 2.19. The van der Waals surface area contributed by atoms with Gasteiger partial charge in [0.25, 0.3) is 5.91 Å². The van der Waals surface area contributed by atoms with Gasteiger partial charge in [0.2, 0.25) is 0 Å². The van der Waals surface area contributed by atoms with Gasteiger partial charge in [-0.1, -0.05) is 40.0 Å². The van der Waals surface area contributed by atoms with E-state index in [1.165, 1.54) is 32.4 Å². The fourth-order valence-corrected chi connectivity index (χ4v) is 2.19. The van der Waals surface area contributed by atoms with Gasteiger partial charge >= 0.3 is 0 Å². The molecule has 0 saturated heterocycles. The SMILES string of the molecule is CCCCCC(C)(C)CNC(=O)c1ccc(OC)cc1O. The third kappa shape index (κ3) is 5.66. The van der Waals surface area contributed by atoms with E-state index in [9.17, 15) is 9.90 Å². The van der Waals surface area contributed by atoms with Crippen molar-refractivity contribution in [3.8, 4) is 11.5 Å². The van der Waals surface area contributed by atoms with E-state index < -0.39 is 0 Å². The molecule has 0 saturated carbocycles. The van der Waals surface area contributed by atoms with Gasteiger partial charge in [-0.3, -0.25) is 4.79 Å². The maximum Gasteiger partial charge on any atom is 0.255 e. The molecule has 21 heavy (non-hydrogen) atoms. The molecule has 1 rings (SSSR count). The van der Waals surface area contributed by atoms with Crippen LogP contribution in [0.4, 0.5) is 0 Å². The lowest BCUT2D eigenvalue weighted by Crippen LogP contribution is -2.34. The van der Waals surface area contributed by atoms with Crippen molar-refractivity contribution < 1.29 is 14.6 Å². The zero-order chi connectivity index (χ0) is 15.9. The maximum absolute atomic E-state index is 12.1. The Bertz CT molecular complexity index is 469. The Morgan fingerprint density at radius 2 is 2.05 bits per heavy atom. The van der Waals surface area contributed by atoms with E-state index in [1.54, 1.807) is 12.1 Å². The van der Waals surface area contributed by atoms with Crippen molar-refractivity contribution in [3.05, 3.63) is 23.8 Å². The summed E-state index contributed by atoms with van der Waals surface area (Å²) in [6.45, 7) is 7.08. The number of hydrogen-bond acceptors (Lipinski definition) is 3. The number of benzene rings is 1. The molecule has 0 fully saturated rings. The number of carbonyl (C=O) groups is 1. The molecule has 0 heterocycles. The van der Waals surface area contributed by atoms with E-state index in [0.29, 0.717) is 12.3 Å². The second-order valence-electron chi connectivity index (χ2n) is 6.19. The number of methoxy groups -OCH3 is 1. The smallest absolute Gasteiger partial charge is 0.255 e. The molecular weight excluding hydrogens is 266 g/mol. The lowest BCUT2D eigenvalue weighted by molar-refractivity contribution is 0.0931. The van der Waals surface area contributed by atoms with Crippen molar-refractivity contribution in [2.24, 2.45) is 5.41 Å². The Hall–Kier alpha value is -1.71. The van der Waals surface area contributed by atoms with E-state index in [4.69, 9.17) is 4.74 Å². The van der Waals surface area contributed by atoms with Crippen LogP contribution in [0, 0.1) is 5.41 Å². The van der Waals surface area contributed by atoms with Gasteiger partial charge in [-0.25, -0.2) is 0 Å². The number of rotatable bonds is 8. The van der Waals surface area contributed by atoms with Crippen molar-refractivity contribution in [2.45, 2.75) is 46.5 Å². The second kappa shape index (κ2) is 7.91. The van der Waals surface area contributed by atoms with Gasteiger partial charge in [-0.05, 0) is 24.0 Å².